The second-order valence-electron chi connectivity index (χ2n) is 4.88. The number of carboxylic acids is 1. The molecule has 2 aromatic carbocycles. The Bertz CT molecular complexity index is 819. The number of phenolic OH excluding ortho intramolecular Hbond substituents is 1. The lowest BCUT2D eigenvalue weighted by molar-refractivity contribution is -0.138. The summed E-state index contributed by atoms with van der Waals surface area (Å²) in [6, 6.07) is 13.0. The van der Waals surface area contributed by atoms with E-state index in [9.17, 15) is 15.0 Å². The molecular weight excluding hydrogens is 280 g/mol. The minimum absolute atomic E-state index is 0.0532. The molecule has 3 aromatic rings. The quantitative estimate of drug-likeness (QED) is 0.688. The zero-order valence-electron chi connectivity index (χ0n) is 11.6. The van der Waals surface area contributed by atoms with Crippen LogP contribution in [0.3, 0.4) is 0 Å². The van der Waals surface area contributed by atoms with Crippen LogP contribution in [0.2, 0.25) is 0 Å². The number of hydrogen-bond acceptors (Lipinski definition) is 4. The van der Waals surface area contributed by atoms with E-state index in [1.807, 2.05) is 18.2 Å². The zero-order valence-corrected chi connectivity index (χ0v) is 11.6. The third kappa shape index (κ3) is 2.56. The Morgan fingerprint density at radius 1 is 1.09 bits per heavy atom. The van der Waals surface area contributed by atoms with E-state index in [0.717, 1.165) is 5.39 Å². The first-order chi connectivity index (χ1) is 10.7. The highest BCUT2D eigenvalue weighted by atomic mass is 16.4. The van der Waals surface area contributed by atoms with Crippen molar-refractivity contribution in [3.63, 3.8) is 0 Å². The Labute approximate surface area is 126 Å². The molecule has 1 heterocycles. The first-order valence-electron chi connectivity index (χ1n) is 6.77. The van der Waals surface area contributed by atoms with E-state index < -0.39 is 12.0 Å². The van der Waals surface area contributed by atoms with Crippen LogP contribution in [0.15, 0.2) is 60.9 Å². The second kappa shape index (κ2) is 5.73. The molecule has 0 aliphatic heterocycles. The Hall–Kier alpha value is -3.08. The molecule has 1 aromatic heterocycles. The largest absolute Gasteiger partial charge is 0.508 e. The molecule has 0 aliphatic rings. The molecular formula is C17H14N2O3. The topological polar surface area (TPSA) is 82.5 Å². The molecule has 0 amide bonds. The van der Waals surface area contributed by atoms with Gasteiger partial charge >= 0.3 is 5.97 Å². The summed E-state index contributed by atoms with van der Waals surface area (Å²) in [5, 5.41) is 24.2. The van der Waals surface area contributed by atoms with Gasteiger partial charge in [0.05, 0.1) is 5.69 Å². The Kier molecular flexibility index (Phi) is 3.62. The number of aromatic hydroxyl groups is 1. The maximum atomic E-state index is 11.7. The van der Waals surface area contributed by atoms with Crippen molar-refractivity contribution in [1.82, 2.24) is 4.98 Å². The minimum atomic E-state index is -1.07. The van der Waals surface area contributed by atoms with Crippen LogP contribution in [0.4, 0.5) is 5.69 Å². The van der Waals surface area contributed by atoms with Crippen LogP contribution in [-0.2, 0) is 4.79 Å². The number of aromatic nitrogens is 1. The van der Waals surface area contributed by atoms with Gasteiger partial charge in [0.2, 0.25) is 0 Å². The zero-order chi connectivity index (χ0) is 15.5. The van der Waals surface area contributed by atoms with Crippen molar-refractivity contribution >= 4 is 22.4 Å². The third-order valence-electron chi connectivity index (χ3n) is 3.46. The Morgan fingerprint density at radius 2 is 1.91 bits per heavy atom. The van der Waals surface area contributed by atoms with Crippen molar-refractivity contribution < 1.29 is 15.0 Å². The number of anilines is 1. The molecule has 0 aliphatic carbocycles. The van der Waals surface area contributed by atoms with E-state index in [-0.39, 0.29) is 5.75 Å². The molecule has 5 heteroatoms. The summed E-state index contributed by atoms with van der Waals surface area (Å²) >= 11 is 0. The van der Waals surface area contributed by atoms with Gasteiger partial charge in [-0.05, 0) is 29.0 Å². The Morgan fingerprint density at radius 3 is 2.64 bits per heavy atom. The van der Waals surface area contributed by atoms with Gasteiger partial charge in [-0.1, -0.05) is 30.3 Å². The Balaban J connectivity index is 2.13. The van der Waals surface area contributed by atoms with Gasteiger partial charge in [-0.3, -0.25) is 4.98 Å². The van der Waals surface area contributed by atoms with Crippen molar-refractivity contribution in [1.29, 1.82) is 0 Å². The maximum absolute atomic E-state index is 11.7. The van der Waals surface area contributed by atoms with Crippen LogP contribution >= 0.6 is 0 Å². The molecule has 0 saturated carbocycles. The number of phenols is 1. The van der Waals surface area contributed by atoms with Crippen molar-refractivity contribution in [3.05, 3.63) is 66.5 Å². The second-order valence-corrected chi connectivity index (χ2v) is 4.88. The van der Waals surface area contributed by atoms with Crippen molar-refractivity contribution in [2.75, 3.05) is 5.32 Å². The summed E-state index contributed by atoms with van der Waals surface area (Å²) in [5.74, 6) is -1.13. The number of fused-ring (bicyclic) bond motifs is 1. The number of benzene rings is 2. The average Bonchev–Trinajstić information content (AvgIpc) is 2.54. The van der Waals surface area contributed by atoms with E-state index in [1.54, 1.807) is 30.5 Å². The lowest BCUT2D eigenvalue weighted by Crippen LogP contribution is -2.21. The summed E-state index contributed by atoms with van der Waals surface area (Å²) in [6.45, 7) is 0. The molecule has 0 spiro atoms. The van der Waals surface area contributed by atoms with E-state index in [4.69, 9.17) is 0 Å². The summed E-state index contributed by atoms with van der Waals surface area (Å²) in [6.07, 6.45) is 3.15. The molecule has 0 bridgehead atoms. The number of hydrogen-bond donors (Lipinski definition) is 3. The van der Waals surface area contributed by atoms with Crippen LogP contribution in [-0.4, -0.2) is 21.2 Å². The monoisotopic (exact) mass is 294 g/mol. The summed E-state index contributed by atoms with van der Waals surface area (Å²) in [5.41, 5.74) is 0.914. The molecule has 1 atom stereocenters. The van der Waals surface area contributed by atoms with Crippen molar-refractivity contribution in [3.8, 4) is 5.75 Å². The molecule has 0 fully saturated rings. The van der Waals surface area contributed by atoms with Gasteiger partial charge < -0.3 is 15.5 Å². The van der Waals surface area contributed by atoms with E-state index in [1.165, 1.54) is 12.3 Å². The molecule has 3 N–H and O–H groups in total. The molecule has 22 heavy (non-hydrogen) atoms. The van der Waals surface area contributed by atoms with E-state index in [0.29, 0.717) is 16.6 Å². The predicted octanol–water partition coefficient (Wildman–Crippen LogP) is 3.18. The average molecular weight is 294 g/mol. The number of carbonyl (C=O) groups is 1. The SMILES string of the molecule is O=C(O)C(Nc1cccnc1)c1c(O)ccc2ccccc12. The number of nitrogens with one attached hydrogen (secondary N) is 1. The van der Waals surface area contributed by atoms with Gasteiger partial charge in [-0.25, -0.2) is 4.79 Å². The number of pyridine rings is 1. The normalized spacial score (nSPS) is 12.0. The van der Waals surface area contributed by atoms with Gasteiger partial charge in [0.15, 0.2) is 6.04 Å². The van der Waals surface area contributed by atoms with Crippen LogP contribution in [0.25, 0.3) is 10.8 Å². The summed E-state index contributed by atoms with van der Waals surface area (Å²) in [4.78, 5) is 15.7. The van der Waals surface area contributed by atoms with Crippen LogP contribution in [0, 0.1) is 0 Å². The van der Waals surface area contributed by atoms with E-state index in [2.05, 4.69) is 10.3 Å². The molecule has 3 rings (SSSR count). The number of carboxylic acid groups (broad SMARTS) is 1. The molecule has 110 valence electrons. The lowest BCUT2D eigenvalue weighted by Gasteiger charge is -2.19. The van der Waals surface area contributed by atoms with Crippen molar-refractivity contribution in [2.45, 2.75) is 6.04 Å². The molecule has 1 unspecified atom stereocenters. The van der Waals surface area contributed by atoms with Gasteiger partial charge in [-0.15, -0.1) is 0 Å². The van der Waals surface area contributed by atoms with Gasteiger partial charge in [0.1, 0.15) is 5.75 Å². The van der Waals surface area contributed by atoms with Crippen LogP contribution < -0.4 is 5.32 Å². The maximum Gasteiger partial charge on any atom is 0.330 e. The van der Waals surface area contributed by atoms with Gasteiger partial charge in [-0.2, -0.15) is 0 Å². The van der Waals surface area contributed by atoms with E-state index >= 15 is 0 Å². The first-order valence-corrected chi connectivity index (χ1v) is 6.77. The first kappa shape index (κ1) is 13.9. The minimum Gasteiger partial charge on any atom is -0.508 e. The fraction of sp³-hybridized carbons (Fsp3) is 0.0588. The molecule has 0 radical (unpaired) electrons. The summed E-state index contributed by atoms with van der Waals surface area (Å²) in [7, 11) is 0. The predicted molar refractivity (Wildman–Crippen MR) is 83.8 cm³/mol. The van der Waals surface area contributed by atoms with Crippen LogP contribution in [0.1, 0.15) is 11.6 Å². The number of rotatable bonds is 4. The highest BCUT2D eigenvalue weighted by Gasteiger charge is 2.25. The highest BCUT2D eigenvalue weighted by Crippen LogP contribution is 2.34. The third-order valence-corrected chi connectivity index (χ3v) is 3.46. The van der Waals surface area contributed by atoms with Gasteiger partial charge in [0.25, 0.3) is 0 Å². The molecule has 0 saturated heterocycles. The lowest BCUT2D eigenvalue weighted by atomic mass is 9.97. The fourth-order valence-electron chi connectivity index (χ4n) is 2.46. The smallest absolute Gasteiger partial charge is 0.330 e. The number of aliphatic carboxylic acids is 1. The standard InChI is InChI=1S/C17H14N2O3/c20-14-8-7-11-4-1-2-6-13(11)15(14)16(17(21)22)19-12-5-3-9-18-10-12/h1-10,16,19-20H,(H,21,22). The highest BCUT2D eigenvalue weighted by molar-refractivity contribution is 5.93. The van der Waals surface area contributed by atoms with Crippen LogP contribution in [0.5, 0.6) is 5.75 Å². The fourth-order valence-corrected chi connectivity index (χ4v) is 2.46. The number of nitrogens with zero attached hydrogens (tertiary/aromatic N) is 1. The molecule has 5 nitrogen and oxygen atoms in total. The van der Waals surface area contributed by atoms with Gasteiger partial charge in [0, 0.05) is 18.0 Å². The summed E-state index contributed by atoms with van der Waals surface area (Å²) < 4.78 is 0. The van der Waals surface area contributed by atoms with Crippen molar-refractivity contribution in [2.24, 2.45) is 0 Å².